The van der Waals surface area contributed by atoms with Crippen LogP contribution in [0.3, 0.4) is 0 Å². The molecule has 1 aliphatic rings. The topological polar surface area (TPSA) is 47.6 Å². The van der Waals surface area contributed by atoms with Crippen molar-refractivity contribution in [3.05, 3.63) is 54.3 Å². The Balaban J connectivity index is 1.65. The molecule has 0 spiro atoms. The molecule has 0 bridgehead atoms. The Morgan fingerprint density at radius 1 is 1.17 bits per heavy atom. The monoisotopic (exact) mass is 348 g/mol. The summed E-state index contributed by atoms with van der Waals surface area (Å²) in [5.41, 5.74) is 0.787. The summed E-state index contributed by atoms with van der Waals surface area (Å²) in [5, 5.41) is 3.31. The van der Waals surface area contributed by atoms with Crippen LogP contribution in [0.2, 0.25) is 0 Å². The van der Waals surface area contributed by atoms with E-state index in [1.54, 1.807) is 23.5 Å². The van der Waals surface area contributed by atoms with Crippen molar-refractivity contribution in [3.63, 3.8) is 0 Å². The lowest BCUT2D eigenvalue weighted by atomic mass is 10.1. The van der Waals surface area contributed by atoms with Gasteiger partial charge in [0.15, 0.2) is 4.90 Å². The fraction of sp³-hybridized carbons (Fsp3) is 0.333. The molecule has 1 fully saturated rings. The molecular weight excluding hydrogens is 327 g/mol. The minimum absolute atomic E-state index is 0.247. The number of piperidine rings is 1. The Morgan fingerprint density at radius 3 is 2.54 bits per heavy atom. The number of ether oxygens (including phenoxy) is 1. The van der Waals surface area contributed by atoms with E-state index in [-0.39, 0.29) is 11.9 Å². The SMILES string of the molecule is CN(c1ccc(OC2CCNCC2)cc1)[S+]([O-])c1cccc(F)c1. The molecule has 1 heterocycles. The van der Waals surface area contributed by atoms with Crippen molar-refractivity contribution in [2.75, 3.05) is 24.4 Å². The van der Waals surface area contributed by atoms with Gasteiger partial charge in [-0.3, -0.25) is 0 Å². The second kappa shape index (κ2) is 7.88. The lowest BCUT2D eigenvalue weighted by Crippen LogP contribution is -2.34. The molecule has 1 unspecified atom stereocenters. The maximum atomic E-state index is 13.3. The van der Waals surface area contributed by atoms with Crippen LogP contribution in [0.4, 0.5) is 10.1 Å². The third-order valence-corrected chi connectivity index (χ3v) is 5.40. The lowest BCUT2D eigenvalue weighted by Gasteiger charge is -2.24. The number of anilines is 1. The van der Waals surface area contributed by atoms with Crippen molar-refractivity contribution >= 4 is 17.0 Å². The number of hydrogen-bond acceptors (Lipinski definition) is 4. The number of halogens is 1. The van der Waals surface area contributed by atoms with Gasteiger partial charge in [-0.05, 0) is 62.3 Å². The quantitative estimate of drug-likeness (QED) is 0.844. The Kier molecular flexibility index (Phi) is 5.60. The Bertz CT molecular complexity index is 662. The maximum Gasteiger partial charge on any atom is 0.183 e. The molecule has 1 aliphatic heterocycles. The van der Waals surface area contributed by atoms with E-state index < -0.39 is 11.4 Å². The summed E-state index contributed by atoms with van der Waals surface area (Å²) < 4.78 is 33.4. The average Bonchev–Trinajstić information content (AvgIpc) is 2.62. The van der Waals surface area contributed by atoms with Gasteiger partial charge in [0.05, 0.1) is 12.7 Å². The molecule has 0 amide bonds. The zero-order valence-corrected chi connectivity index (χ0v) is 14.4. The molecule has 0 saturated carbocycles. The summed E-state index contributed by atoms with van der Waals surface area (Å²) >= 11 is -1.46. The minimum atomic E-state index is -1.46. The molecule has 0 aromatic heterocycles. The van der Waals surface area contributed by atoms with Gasteiger partial charge in [-0.1, -0.05) is 6.07 Å². The van der Waals surface area contributed by atoms with Gasteiger partial charge >= 0.3 is 0 Å². The van der Waals surface area contributed by atoms with E-state index in [2.05, 4.69) is 5.32 Å². The van der Waals surface area contributed by atoms with Crippen LogP contribution < -0.4 is 14.4 Å². The number of rotatable bonds is 5. The first-order valence-electron chi connectivity index (χ1n) is 8.02. The Labute approximate surface area is 144 Å². The molecule has 24 heavy (non-hydrogen) atoms. The zero-order valence-electron chi connectivity index (χ0n) is 13.6. The van der Waals surface area contributed by atoms with Gasteiger partial charge in [-0.2, -0.15) is 4.31 Å². The van der Waals surface area contributed by atoms with E-state index >= 15 is 0 Å². The molecule has 1 N–H and O–H groups in total. The summed E-state index contributed by atoms with van der Waals surface area (Å²) in [4.78, 5) is 0.438. The highest BCUT2D eigenvalue weighted by atomic mass is 32.2. The average molecular weight is 348 g/mol. The van der Waals surface area contributed by atoms with Crippen molar-refractivity contribution in [3.8, 4) is 5.75 Å². The van der Waals surface area contributed by atoms with Crippen LogP contribution in [0.1, 0.15) is 12.8 Å². The van der Waals surface area contributed by atoms with Crippen molar-refractivity contribution in [2.45, 2.75) is 23.8 Å². The minimum Gasteiger partial charge on any atom is -0.588 e. The van der Waals surface area contributed by atoms with E-state index in [0.29, 0.717) is 4.90 Å². The molecule has 1 saturated heterocycles. The summed E-state index contributed by atoms with van der Waals surface area (Å²) in [7, 11) is 1.73. The first kappa shape index (κ1) is 17.1. The third kappa shape index (κ3) is 4.20. The highest BCUT2D eigenvalue weighted by Crippen LogP contribution is 2.25. The third-order valence-electron chi connectivity index (χ3n) is 4.04. The van der Waals surface area contributed by atoms with Gasteiger partial charge in [0.25, 0.3) is 0 Å². The van der Waals surface area contributed by atoms with Crippen LogP contribution in [0.25, 0.3) is 0 Å². The second-order valence-electron chi connectivity index (χ2n) is 5.77. The Hall–Kier alpha value is -1.76. The van der Waals surface area contributed by atoms with Crippen molar-refractivity contribution in [1.82, 2.24) is 5.32 Å². The predicted octanol–water partition coefficient (Wildman–Crippen LogP) is 3.12. The number of hydrogen-bond donors (Lipinski definition) is 1. The molecule has 1 atom stereocenters. The maximum absolute atomic E-state index is 13.3. The molecule has 0 aliphatic carbocycles. The van der Waals surface area contributed by atoms with E-state index in [1.165, 1.54) is 12.1 Å². The first-order chi connectivity index (χ1) is 11.6. The zero-order chi connectivity index (χ0) is 16.9. The number of benzene rings is 2. The van der Waals surface area contributed by atoms with Gasteiger partial charge in [-0.15, -0.1) is 0 Å². The van der Waals surface area contributed by atoms with E-state index in [9.17, 15) is 8.94 Å². The largest absolute Gasteiger partial charge is 0.588 e. The highest BCUT2D eigenvalue weighted by molar-refractivity contribution is 7.92. The van der Waals surface area contributed by atoms with E-state index in [1.807, 2.05) is 24.3 Å². The molecule has 2 aromatic rings. The predicted molar refractivity (Wildman–Crippen MR) is 94.2 cm³/mol. The standard InChI is InChI=1S/C18H21FN2O2S/c1-21(24(22)18-4-2-3-14(19)13-18)15-5-7-16(8-6-15)23-17-9-11-20-12-10-17/h2-8,13,17,20H,9-12H2,1H3. The summed E-state index contributed by atoms with van der Waals surface area (Å²) in [6.07, 6.45) is 2.26. The van der Waals surface area contributed by atoms with Gasteiger partial charge in [0, 0.05) is 6.07 Å². The van der Waals surface area contributed by atoms with Crippen molar-refractivity contribution < 1.29 is 13.7 Å². The fourth-order valence-corrected chi connectivity index (χ4v) is 3.71. The normalized spacial score (nSPS) is 16.6. The van der Waals surface area contributed by atoms with Crippen LogP contribution >= 0.6 is 0 Å². The van der Waals surface area contributed by atoms with E-state index in [0.717, 1.165) is 37.4 Å². The van der Waals surface area contributed by atoms with Crippen molar-refractivity contribution in [2.24, 2.45) is 0 Å². The molecule has 0 radical (unpaired) electrons. The van der Waals surface area contributed by atoms with Crippen LogP contribution in [0.15, 0.2) is 53.4 Å². The van der Waals surface area contributed by atoms with Gasteiger partial charge in [0.1, 0.15) is 29.0 Å². The smallest absolute Gasteiger partial charge is 0.183 e. The van der Waals surface area contributed by atoms with Crippen LogP contribution in [0, 0.1) is 5.82 Å². The van der Waals surface area contributed by atoms with Gasteiger partial charge in [-0.25, -0.2) is 4.39 Å². The van der Waals surface area contributed by atoms with Crippen LogP contribution in [-0.2, 0) is 11.4 Å². The lowest BCUT2D eigenvalue weighted by molar-refractivity contribution is 0.162. The van der Waals surface area contributed by atoms with Gasteiger partial charge in [0.2, 0.25) is 0 Å². The molecule has 2 aromatic carbocycles. The molecule has 128 valence electrons. The molecule has 6 heteroatoms. The Morgan fingerprint density at radius 2 is 1.88 bits per heavy atom. The fourth-order valence-electron chi connectivity index (χ4n) is 2.67. The summed E-state index contributed by atoms with van der Waals surface area (Å²) in [6.45, 7) is 1.97. The highest BCUT2D eigenvalue weighted by Gasteiger charge is 2.20. The van der Waals surface area contributed by atoms with Crippen LogP contribution in [-0.4, -0.2) is 30.8 Å². The molecular formula is C18H21FN2O2S. The van der Waals surface area contributed by atoms with E-state index in [4.69, 9.17) is 4.74 Å². The van der Waals surface area contributed by atoms with Crippen molar-refractivity contribution in [1.29, 1.82) is 0 Å². The number of nitrogens with zero attached hydrogens (tertiary/aromatic N) is 1. The summed E-state index contributed by atoms with van der Waals surface area (Å²) in [6, 6.07) is 13.4. The number of nitrogens with one attached hydrogen (secondary N) is 1. The molecule has 3 rings (SSSR count). The second-order valence-corrected chi connectivity index (χ2v) is 7.28. The molecule has 4 nitrogen and oxygen atoms in total. The summed E-state index contributed by atoms with van der Waals surface area (Å²) in [5.74, 6) is 0.426. The van der Waals surface area contributed by atoms with Crippen LogP contribution in [0.5, 0.6) is 5.75 Å². The van der Waals surface area contributed by atoms with Gasteiger partial charge < -0.3 is 14.6 Å². The first-order valence-corrected chi connectivity index (χ1v) is 9.13.